The summed E-state index contributed by atoms with van der Waals surface area (Å²) in [6.45, 7) is 4.39. The molecule has 0 radical (unpaired) electrons. The summed E-state index contributed by atoms with van der Waals surface area (Å²) < 4.78 is 17.1. The van der Waals surface area contributed by atoms with Gasteiger partial charge in [-0.3, -0.25) is 9.69 Å². The highest BCUT2D eigenvalue weighted by molar-refractivity contribution is 6.06. The molecule has 0 N–H and O–H groups in total. The molecule has 0 unspecified atom stereocenters. The van der Waals surface area contributed by atoms with Crippen molar-refractivity contribution in [3.63, 3.8) is 0 Å². The molecule has 0 aliphatic carbocycles. The van der Waals surface area contributed by atoms with E-state index in [2.05, 4.69) is 11.6 Å². The Balaban J connectivity index is 1.72. The first kappa shape index (κ1) is 19.0. The summed E-state index contributed by atoms with van der Waals surface area (Å²) in [5.41, 5.74) is 1.95. The van der Waals surface area contributed by atoms with Crippen molar-refractivity contribution in [2.75, 3.05) is 20.3 Å². The van der Waals surface area contributed by atoms with Crippen LogP contribution in [0.5, 0.6) is 5.75 Å². The Hall–Kier alpha value is -3.38. The van der Waals surface area contributed by atoms with E-state index in [0.717, 1.165) is 11.1 Å². The largest absolute Gasteiger partial charge is 0.489 e. The first-order valence-corrected chi connectivity index (χ1v) is 9.39. The smallest absolute Gasteiger partial charge is 0.275 e. The summed E-state index contributed by atoms with van der Waals surface area (Å²) in [5, 5.41) is 0. The Morgan fingerprint density at radius 3 is 2.72 bits per heavy atom. The molecule has 0 spiro atoms. The fourth-order valence-electron chi connectivity index (χ4n) is 3.50. The average molecular weight is 390 g/mol. The van der Waals surface area contributed by atoms with E-state index in [1.54, 1.807) is 24.2 Å². The fourth-order valence-corrected chi connectivity index (χ4v) is 3.50. The monoisotopic (exact) mass is 390 g/mol. The molecule has 0 bridgehead atoms. The first-order chi connectivity index (χ1) is 14.2. The highest BCUT2D eigenvalue weighted by Crippen LogP contribution is 2.36. The number of aliphatic imine (C=N–C) groups is 1. The number of methoxy groups -OCH3 is 1. The summed E-state index contributed by atoms with van der Waals surface area (Å²) >= 11 is 0. The third kappa shape index (κ3) is 3.67. The van der Waals surface area contributed by atoms with Gasteiger partial charge in [0.25, 0.3) is 5.91 Å². The molecule has 2 atom stereocenters. The van der Waals surface area contributed by atoms with Crippen LogP contribution in [-0.2, 0) is 14.3 Å². The second-order valence-electron chi connectivity index (χ2n) is 6.65. The Morgan fingerprint density at radius 1 is 1.21 bits per heavy atom. The zero-order valence-corrected chi connectivity index (χ0v) is 16.2. The van der Waals surface area contributed by atoms with Gasteiger partial charge in [-0.25, -0.2) is 4.99 Å². The SMILES string of the molecule is C=CCOc1ccccc1/C=C1\N=C(OC)[C@@H]2CO[C@H](c3ccccc3)N2C1=O. The average Bonchev–Trinajstić information content (AvgIpc) is 3.21. The second kappa shape index (κ2) is 8.32. The molecular formula is C23H22N2O4. The van der Waals surface area contributed by atoms with Crippen LogP contribution in [0.25, 0.3) is 6.08 Å². The lowest BCUT2D eigenvalue weighted by Crippen LogP contribution is -2.47. The molecule has 29 heavy (non-hydrogen) atoms. The molecule has 148 valence electrons. The topological polar surface area (TPSA) is 60.4 Å². The van der Waals surface area contributed by atoms with Crippen molar-refractivity contribution in [3.8, 4) is 5.75 Å². The number of hydrogen-bond acceptors (Lipinski definition) is 5. The molecule has 0 aromatic heterocycles. The van der Waals surface area contributed by atoms with E-state index in [4.69, 9.17) is 14.2 Å². The summed E-state index contributed by atoms with van der Waals surface area (Å²) in [5.74, 6) is 0.903. The molecule has 2 aliphatic heterocycles. The van der Waals surface area contributed by atoms with Gasteiger partial charge < -0.3 is 14.2 Å². The van der Waals surface area contributed by atoms with Crippen LogP contribution in [0, 0.1) is 0 Å². The van der Waals surface area contributed by atoms with Crippen molar-refractivity contribution >= 4 is 17.9 Å². The lowest BCUT2D eigenvalue weighted by Gasteiger charge is -2.31. The zero-order chi connectivity index (χ0) is 20.2. The van der Waals surface area contributed by atoms with E-state index in [1.807, 2.05) is 54.6 Å². The number of amides is 1. The van der Waals surface area contributed by atoms with Crippen LogP contribution in [0.1, 0.15) is 17.4 Å². The van der Waals surface area contributed by atoms with Crippen molar-refractivity contribution in [2.45, 2.75) is 12.3 Å². The number of para-hydroxylation sites is 1. The van der Waals surface area contributed by atoms with E-state index in [1.165, 1.54) is 0 Å². The van der Waals surface area contributed by atoms with Crippen LogP contribution in [0.15, 0.2) is 77.9 Å². The van der Waals surface area contributed by atoms with Gasteiger partial charge in [0.05, 0.1) is 13.7 Å². The highest BCUT2D eigenvalue weighted by atomic mass is 16.5. The van der Waals surface area contributed by atoms with Crippen molar-refractivity contribution in [3.05, 3.63) is 84.1 Å². The van der Waals surface area contributed by atoms with E-state index >= 15 is 0 Å². The zero-order valence-electron chi connectivity index (χ0n) is 16.2. The Morgan fingerprint density at radius 2 is 1.97 bits per heavy atom. The Bertz CT molecular complexity index is 968. The molecular weight excluding hydrogens is 368 g/mol. The molecule has 1 fully saturated rings. The molecule has 6 heteroatoms. The number of benzene rings is 2. The molecule has 4 rings (SSSR count). The van der Waals surface area contributed by atoms with E-state index in [0.29, 0.717) is 24.9 Å². The van der Waals surface area contributed by atoms with Crippen LogP contribution >= 0.6 is 0 Å². The minimum Gasteiger partial charge on any atom is -0.489 e. The number of rotatable bonds is 5. The molecule has 0 saturated carbocycles. The molecule has 2 aliphatic rings. The Labute approximate surface area is 169 Å². The third-order valence-corrected chi connectivity index (χ3v) is 4.83. The summed E-state index contributed by atoms with van der Waals surface area (Å²) in [7, 11) is 1.56. The van der Waals surface area contributed by atoms with Gasteiger partial charge in [-0.2, -0.15) is 0 Å². The van der Waals surface area contributed by atoms with Gasteiger partial charge in [0, 0.05) is 11.1 Å². The first-order valence-electron chi connectivity index (χ1n) is 9.39. The maximum atomic E-state index is 13.3. The minimum absolute atomic E-state index is 0.208. The molecule has 2 aromatic rings. The molecule has 1 amide bonds. The van der Waals surface area contributed by atoms with Crippen LogP contribution in [0.2, 0.25) is 0 Å². The van der Waals surface area contributed by atoms with Gasteiger partial charge in [0.2, 0.25) is 5.90 Å². The van der Waals surface area contributed by atoms with Gasteiger partial charge in [0.15, 0.2) is 6.23 Å². The van der Waals surface area contributed by atoms with Gasteiger partial charge >= 0.3 is 0 Å². The molecule has 1 saturated heterocycles. The van der Waals surface area contributed by atoms with Crippen molar-refractivity contribution in [1.82, 2.24) is 4.90 Å². The van der Waals surface area contributed by atoms with E-state index < -0.39 is 6.23 Å². The minimum atomic E-state index is -0.481. The number of fused-ring (bicyclic) bond motifs is 1. The quantitative estimate of drug-likeness (QED) is 0.578. The second-order valence-corrected chi connectivity index (χ2v) is 6.65. The van der Waals surface area contributed by atoms with Crippen LogP contribution in [-0.4, -0.2) is 43.1 Å². The van der Waals surface area contributed by atoms with Gasteiger partial charge in [-0.05, 0) is 12.1 Å². The van der Waals surface area contributed by atoms with E-state index in [-0.39, 0.29) is 17.6 Å². The third-order valence-electron chi connectivity index (χ3n) is 4.83. The number of carbonyl (C=O) groups excluding carboxylic acids is 1. The highest BCUT2D eigenvalue weighted by Gasteiger charge is 2.46. The Kier molecular flexibility index (Phi) is 5.44. The van der Waals surface area contributed by atoms with Gasteiger partial charge in [-0.15, -0.1) is 0 Å². The van der Waals surface area contributed by atoms with Gasteiger partial charge in [0.1, 0.15) is 24.1 Å². The van der Waals surface area contributed by atoms with Crippen molar-refractivity contribution in [2.24, 2.45) is 4.99 Å². The maximum Gasteiger partial charge on any atom is 0.275 e. The number of nitrogens with zero attached hydrogens (tertiary/aromatic N) is 2. The van der Waals surface area contributed by atoms with Gasteiger partial charge in [-0.1, -0.05) is 61.2 Å². The maximum absolute atomic E-state index is 13.3. The fraction of sp³-hybridized carbons (Fsp3) is 0.217. The number of carbonyl (C=O) groups is 1. The lowest BCUT2D eigenvalue weighted by molar-refractivity contribution is -0.133. The molecule has 2 aromatic carbocycles. The molecule has 6 nitrogen and oxygen atoms in total. The summed E-state index contributed by atoms with van der Waals surface area (Å²) in [4.78, 5) is 19.5. The summed E-state index contributed by atoms with van der Waals surface area (Å²) in [6, 6.07) is 16.8. The van der Waals surface area contributed by atoms with Crippen LogP contribution in [0.3, 0.4) is 0 Å². The lowest BCUT2D eigenvalue weighted by atomic mass is 10.1. The van der Waals surface area contributed by atoms with Crippen LogP contribution < -0.4 is 4.74 Å². The molecule has 2 heterocycles. The van der Waals surface area contributed by atoms with Crippen molar-refractivity contribution < 1.29 is 19.0 Å². The van der Waals surface area contributed by atoms with E-state index in [9.17, 15) is 4.79 Å². The predicted molar refractivity (Wildman–Crippen MR) is 110 cm³/mol. The van der Waals surface area contributed by atoms with Crippen LogP contribution in [0.4, 0.5) is 0 Å². The predicted octanol–water partition coefficient (Wildman–Crippen LogP) is 3.58. The normalized spacial score (nSPS) is 22.2. The number of ether oxygens (including phenoxy) is 3. The number of hydrogen-bond donors (Lipinski definition) is 0. The standard InChI is InChI=1S/C23H22N2O4/c1-3-13-28-20-12-8-7-11-17(20)14-18-22(26)25-19(21(24-18)27-2)15-29-23(25)16-9-5-4-6-10-16/h3-12,14,19,23H,1,13,15H2,2H3/b18-14-/t19-,23+/m0/s1. The van der Waals surface area contributed by atoms with Crippen molar-refractivity contribution in [1.29, 1.82) is 0 Å². The summed E-state index contributed by atoms with van der Waals surface area (Å²) in [6.07, 6.45) is 2.91.